The number of nitrogens with two attached hydrogens (primary N) is 2. The van der Waals surface area contributed by atoms with Crippen LogP contribution in [0.4, 0.5) is 17.8 Å². The fourth-order valence-corrected chi connectivity index (χ4v) is 14.0. The third-order valence-electron chi connectivity index (χ3n) is 9.08. The van der Waals surface area contributed by atoms with Crippen LogP contribution in [0.25, 0.3) is 0 Å². The third-order valence-corrected chi connectivity index (χ3v) is 16.6. The van der Waals surface area contributed by atoms with Gasteiger partial charge >= 0.3 is 17.6 Å². The number of nitrogens with one attached hydrogen (secondary N) is 3. The Hall–Kier alpha value is -7.12. The summed E-state index contributed by atoms with van der Waals surface area (Å²) in [7, 11) is -8.80. The van der Waals surface area contributed by atoms with Crippen molar-refractivity contribution in [1.82, 2.24) is 15.0 Å². The molecule has 0 aliphatic carbocycles. The molecule has 7 aromatic rings. The smallest absolute Gasteiger partial charge is 0.483 e. The van der Waals surface area contributed by atoms with Gasteiger partial charge < -0.3 is 54.0 Å². The minimum absolute atomic E-state index is 0.222. The SMILES string of the molecule is NCCNc1nc(NCCN)nc(NCCC([Si](Oc2ccccc2)(Oc2ccccc2)Oc2ccccc2)[Si](Oc2ccccc2)(Oc2ccccc2)Oc2ccccc2)n1. The van der Waals surface area contributed by atoms with Crippen LogP contribution in [0.5, 0.6) is 34.5 Å². The summed E-state index contributed by atoms with van der Waals surface area (Å²) < 4.78 is 43.8. The van der Waals surface area contributed by atoms with Crippen LogP contribution in [-0.2, 0) is 0 Å². The lowest BCUT2D eigenvalue weighted by atomic mass is 10.3. The van der Waals surface area contributed by atoms with Crippen LogP contribution < -0.4 is 54.0 Å². The summed E-state index contributed by atoms with van der Waals surface area (Å²) in [4.78, 5) is 13.9. The van der Waals surface area contributed by atoms with E-state index in [9.17, 15) is 0 Å². The highest BCUT2D eigenvalue weighted by atomic mass is 28.5. The molecule has 1 heterocycles. The molecule has 318 valence electrons. The number of para-hydroxylation sites is 6. The zero-order valence-corrected chi connectivity index (χ0v) is 36.1. The molecule has 16 heteroatoms. The number of anilines is 3. The van der Waals surface area contributed by atoms with Crippen LogP contribution >= 0.6 is 0 Å². The second-order valence-electron chi connectivity index (χ2n) is 13.7. The molecular weight excluding hydrogens is 817 g/mol. The van der Waals surface area contributed by atoms with Crippen molar-refractivity contribution >= 4 is 35.5 Å². The first-order valence-electron chi connectivity index (χ1n) is 20.4. The maximum Gasteiger partial charge on any atom is 0.711 e. The average molecular weight is 867 g/mol. The van der Waals surface area contributed by atoms with Crippen LogP contribution in [0.15, 0.2) is 182 Å². The third kappa shape index (κ3) is 12.0. The van der Waals surface area contributed by atoms with E-state index in [-0.39, 0.29) is 13.0 Å². The minimum atomic E-state index is -4.40. The maximum absolute atomic E-state index is 7.30. The molecule has 0 unspecified atom stereocenters. The summed E-state index contributed by atoms with van der Waals surface area (Å²) in [6.07, 6.45) is 0.222. The van der Waals surface area contributed by atoms with E-state index < -0.39 is 22.8 Å². The van der Waals surface area contributed by atoms with E-state index >= 15 is 0 Å². The van der Waals surface area contributed by atoms with Crippen molar-refractivity contribution in [3.8, 4) is 34.5 Å². The molecule has 0 amide bonds. The Bertz CT molecular complexity index is 1990. The molecule has 62 heavy (non-hydrogen) atoms. The monoisotopic (exact) mass is 866 g/mol. The molecule has 0 bridgehead atoms. The Balaban J connectivity index is 1.46. The molecule has 6 aromatic carbocycles. The molecule has 1 aromatic heterocycles. The number of rotatable bonds is 24. The van der Waals surface area contributed by atoms with Gasteiger partial charge in [0, 0.05) is 32.7 Å². The van der Waals surface area contributed by atoms with Crippen molar-refractivity contribution in [1.29, 1.82) is 0 Å². The van der Waals surface area contributed by atoms with E-state index in [1.165, 1.54) is 0 Å². The van der Waals surface area contributed by atoms with Crippen LogP contribution in [0.2, 0.25) is 5.16 Å². The van der Waals surface area contributed by atoms with Crippen molar-refractivity contribution in [3.63, 3.8) is 0 Å². The van der Waals surface area contributed by atoms with Crippen molar-refractivity contribution in [2.24, 2.45) is 11.5 Å². The van der Waals surface area contributed by atoms with E-state index in [0.29, 0.717) is 78.5 Å². The predicted molar refractivity (Wildman–Crippen MR) is 246 cm³/mol. The molecule has 0 aliphatic rings. The zero-order chi connectivity index (χ0) is 42.7. The largest absolute Gasteiger partial charge is 0.711 e. The Kier molecular flexibility index (Phi) is 15.2. The highest BCUT2D eigenvalue weighted by Crippen LogP contribution is 2.43. The summed E-state index contributed by atoms with van der Waals surface area (Å²) in [6.45, 7) is 1.91. The second-order valence-corrected chi connectivity index (χ2v) is 19.3. The highest BCUT2D eigenvalue weighted by molar-refractivity contribution is 6.84. The molecular formula is C46H50N8O6Si2. The number of hydrogen-bond acceptors (Lipinski definition) is 14. The van der Waals surface area contributed by atoms with Crippen LogP contribution in [0, 0.1) is 0 Å². The van der Waals surface area contributed by atoms with Gasteiger partial charge in [0.25, 0.3) is 0 Å². The first-order valence-corrected chi connectivity index (χ1v) is 24.0. The molecule has 0 saturated heterocycles. The number of hydrogen-bond donors (Lipinski definition) is 5. The standard InChI is InChI=1S/C46H50N8O6Si2/c47-32-35-50-45-52-44(53-46(54-45)51-36-33-48)49-34-31-43(61(55-37-19-7-1-8-20-37,56-38-21-9-2-10-22-38)57-39-23-11-3-12-24-39)62(58-40-25-13-4-14-26-40,59-41-27-15-5-16-28-41)60-42-29-17-6-18-30-42/h1-30,43H,31-36,47-48H2,(H3,49,50,51,52,53,54). The highest BCUT2D eigenvalue weighted by Gasteiger charge is 2.75. The van der Waals surface area contributed by atoms with Gasteiger partial charge in [-0.15, -0.1) is 0 Å². The van der Waals surface area contributed by atoms with Gasteiger partial charge in [0.05, 0.1) is 0 Å². The molecule has 0 saturated carbocycles. The summed E-state index contributed by atoms with van der Waals surface area (Å²) >= 11 is 0. The Labute approximate surface area is 364 Å². The van der Waals surface area contributed by atoms with Gasteiger partial charge in [-0.1, -0.05) is 109 Å². The van der Waals surface area contributed by atoms with Gasteiger partial charge in [0.2, 0.25) is 17.8 Å². The molecule has 0 spiro atoms. The first-order chi connectivity index (χ1) is 30.5. The Morgan fingerprint density at radius 2 is 0.581 bits per heavy atom. The van der Waals surface area contributed by atoms with E-state index in [4.69, 9.17) is 38.0 Å². The van der Waals surface area contributed by atoms with E-state index in [2.05, 4.69) is 30.9 Å². The summed E-state index contributed by atoms with van der Waals surface area (Å²) in [6, 6.07) is 56.7. The number of aromatic nitrogens is 3. The van der Waals surface area contributed by atoms with Crippen molar-refractivity contribution in [2.75, 3.05) is 48.7 Å². The van der Waals surface area contributed by atoms with E-state index in [1.54, 1.807) is 0 Å². The van der Waals surface area contributed by atoms with Gasteiger partial charge in [-0.25, -0.2) is 0 Å². The quantitative estimate of drug-likeness (QED) is 0.0373. The fourth-order valence-electron chi connectivity index (χ4n) is 6.35. The van der Waals surface area contributed by atoms with Gasteiger partial charge in [-0.2, -0.15) is 15.0 Å². The first kappa shape index (κ1) is 43.0. The van der Waals surface area contributed by atoms with Crippen LogP contribution in [0.3, 0.4) is 0 Å². The molecule has 7 rings (SSSR count). The van der Waals surface area contributed by atoms with Crippen molar-refractivity contribution in [2.45, 2.75) is 11.6 Å². The Morgan fingerprint density at radius 1 is 0.355 bits per heavy atom. The summed E-state index contributed by atoms with van der Waals surface area (Å²) in [5.41, 5.74) is 11.6. The molecule has 0 radical (unpaired) electrons. The lowest BCUT2D eigenvalue weighted by Gasteiger charge is -2.41. The fraction of sp³-hybridized carbons (Fsp3) is 0.152. The zero-order valence-electron chi connectivity index (χ0n) is 34.1. The van der Waals surface area contributed by atoms with Crippen LogP contribution in [0.1, 0.15) is 6.42 Å². The minimum Gasteiger partial charge on any atom is -0.483 e. The average Bonchev–Trinajstić information content (AvgIpc) is 3.31. The van der Waals surface area contributed by atoms with Crippen molar-refractivity contribution < 1.29 is 26.6 Å². The molecule has 0 aliphatic heterocycles. The predicted octanol–water partition coefficient (Wildman–Crippen LogP) is 7.68. The second kappa shape index (κ2) is 21.9. The molecule has 7 N–H and O–H groups in total. The van der Waals surface area contributed by atoms with E-state index in [1.807, 2.05) is 182 Å². The molecule has 0 atom stereocenters. The van der Waals surface area contributed by atoms with E-state index in [0.717, 1.165) is 0 Å². The summed E-state index contributed by atoms with van der Waals surface area (Å²) in [5.74, 6) is 4.04. The maximum atomic E-state index is 7.30. The lowest BCUT2D eigenvalue weighted by Crippen LogP contribution is -2.72. The Morgan fingerprint density at radius 3 is 0.806 bits per heavy atom. The normalized spacial score (nSPS) is 11.3. The van der Waals surface area contributed by atoms with Gasteiger partial charge in [-0.05, 0) is 79.2 Å². The van der Waals surface area contributed by atoms with Crippen molar-refractivity contribution in [3.05, 3.63) is 182 Å². The topological polar surface area (TPSA) is 182 Å². The summed E-state index contributed by atoms with van der Waals surface area (Å²) in [5, 5.41) is 8.85. The van der Waals surface area contributed by atoms with Crippen LogP contribution in [-0.4, -0.2) is 65.3 Å². The van der Waals surface area contributed by atoms with Gasteiger partial charge in [0.1, 0.15) is 34.5 Å². The van der Waals surface area contributed by atoms with Gasteiger partial charge in [-0.3, -0.25) is 0 Å². The molecule has 0 fully saturated rings. The lowest BCUT2D eigenvalue weighted by molar-refractivity contribution is 0.207. The molecule has 14 nitrogen and oxygen atoms in total. The number of nitrogens with zero attached hydrogens (tertiary/aromatic N) is 3. The number of benzene rings is 6. The van der Waals surface area contributed by atoms with Gasteiger partial charge in [0.15, 0.2) is 5.16 Å².